The van der Waals surface area contributed by atoms with Gasteiger partial charge in [0.05, 0.1) is 11.0 Å². The Balaban J connectivity index is 1.80. The van der Waals surface area contributed by atoms with Crippen LogP contribution in [0, 0.1) is 0 Å². The van der Waals surface area contributed by atoms with E-state index < -0.39 is 0 Å². The highest BCUT2D eigenvalue weighted by molar-refractivity contribution is 6.21. The first kappa shape index (κ1) is 9.04. The van der Waals surface area contributed by atoms with Crippen LogP contribution < -0.4 is 5.32 Å². The maximum atomic E-state index is 5.92. The van der Waals surface area contributed by atoms with Gasteiger partial charge < -0.3 is 10.3 Å². The molecule has 0 bridgehead atoms. The van der Waals surface area contributed by atoms with Gasteiger partial charge in [0.15, 0.2) is 0 Å². The lowest BCUT2D eigenvalue weighted by atomic mass is 9.93. The van der Waals surface area contributed by atoms with Gasteiger partial charge in [-0.25, -0.2) is 4.98 Å². The zero-order valence-electron chi connectivity index (χ0n) is 8.20. The number of benzene rings is 1. The van der Waals surface area contributed by atoms with E-state index in [0.29, 0.717) is 11.4 Å². The predicted molar refractivity (Wildman–Crippen MR) is 62.4 cm³/mol. The van der Waals surface area contributed by atoms with Crippen LogP contribution in [0.3, 0.4) is 0 Å². The van der Waals surface area contributed by atoms with E-state index in [2.05, 4.69) is 15.3 Å². The summed E-state index contributed by atoms with van der Waals surface area (Å²) in [4.78, 5) is 7.69. The average Bonchev–Trinajstić information content (AvgIpc) is 2.57. The molecule has 0 saturated heterocycles. The Hall–Kier alpha value is -1.22. The number of H-pyrrole nitrogens is 1. The summed E-state index contributed by atoms with van der Waals surface area (Å²) >= 11 is 5.92. The zero-order valence-corrected chi connectivity index (χ0v) is 8.96. The molecular formula is C11H12ClN3. The van der Waals surface area contributed by atoms with Gasteiger partial charge in [0.2, 0.25) is 5.95 Å². The number of anilines is 1. The van der Waals surface area contributed by atoms with Crippen LogP contribution in [0.4, 0.5) is 5.95 Å². The average molecular weight is 222 g/mol. The smallest absolute Gasteiger partial charge is 0.201 e. The number of halogens is 1. The molecule has 0 amide bonds. The first-order valence-corrected chi connectivity index (χ1v) is 5.60. The molecule has 1 aromatic carbocycles. The molecule has 0 radical (unpaired) electrons. The lowest BCUT2D eigenvalue weighted by Gasteiger charge is -2.31. The molecule has 2 aromatic rings. The number of para-hydroxylation sites is 2. The summed E-state index contributed by atoms with van der Waals surface area (Å²) in [5.41, 5.74) is 2.07. The molecule has 4 heteroatoms. The highest BCUT2D eigenvalue weighted by Crippen LogP contribution is 2.28. The van der Waals surface area contributed by atoms with E-state index in [0.717, 1.165) is 29.8 Å². The first-order valence-electron chi connectivity index (χ1n) is 5.16. The Morgan fingerprint density at radius 3 is 2.87 bits per heavy atom. The number of nitrogens with zero attached hydrogens (tertiary/aromatic N) is 1. The molecule has 0 unspecified atom stereocenters. The van der Waals surface area contributed by atoms with Crippen LogP contribution in [0.1, 0.15) is 12.8 Å². The molecule has 1 heterocycles. The summed E-state index contributed by atoms with van der Waals surface area (Å²) in [6.07, 6.45) is 2.05. The molecule has 78 valence electrons. The number of hydrogen-bond donors (Lipinski definition) is 2. The van der Waals surface area contributed by atoms with E-state index in [1.165, 1.54) is 0 Å². The minimum absolute atomic E-state index is 0.340. The second kappa shape index (κ2) is 3.42. The first-order chi connectivity index (χ1) is 7.31. The van der Waals surface area contributed by atoms with Gasteiger partial charge in [-0.2, -0.15) is 0 Å². The van der Waals surface area contributed by atoms with Crippen LogP contribution in [0.25, 0.3) is 11.0 Å². The van der Waals surface area contributed by atoms with Gasteiger partial charge >= 0.3 is 0 Å². The third-order valence-electron chi connectivity index (χ3n) is 2.81. The van der Waals surface area contributed by atoms with Crippen molar-refractivity contribution in [3.8, 4) is 0 Å². The summed E-state index contributed by atoms with van der Waals surface area (Å²) in [5.74, 6) is 0.852. The molecule has 15 heavy (non-hydrogen) atoms. The van der Waals surface area contributed by atoms with Crippen molar-refractivity contribution in [3.05, 3.63) is 24.3 Å². The summed E-state index contributed by atoms with van der Waals surface area (Å²) in [6, 6.07) is 8.50. The highest BCUT2D eigenvalue weighted by atomic mass is 35.5. The standard InChI is InChI=1S/C11H12ClN3/c12-7-5-8(6-7)13-11-14-9-3-1-2-4-10(9)15-11/h1-4,7-8H,5-6H2,(H2,13,14,15). The minimum Gasteiger partial charge on any atom is -0.353 e. The molecule has 1 aliphatic carbocycles. The quantitative estimate of drug-likeness (QED) is 0.766. The molecule has 3 nitrogen and oxygen atoms in total. The molecule has 3 rings (SSSR count). The van der Waals surface area contributed by atoms with Crippen molar-refractivity contribution in [2.75, 3.05) is 5.32 Å². The number of fused-ring (bicyclic) bond motifs is 1. The Labute approximate surface area is 92.8 Å². The Kier molecular flexibility index (Phi) is 2.06. The van der Waals surface area contributed by atoms with Gasteiger partial charge in [0.1, 0.15) is 0 Å². The van der Waals surface area contributed by atoms with Crippen LogP contribution in [-0.2, 0) is 0 Å². The fraction of sp³-hybridized carbons (Fsp3) is 0.364. The molecular weight excluding hydrogens is 210 g/mol. The molecule has 0 spiro atoms. The van der Waals surface area contributed by atoms with E-state index >= 15 is 0 Å². The van der Waals surface area contributed by atoms with Gasteiger partial charge in [0, 0.05) is 11.4 Å². The summed E-state index contributed by atoms with van der Waals surface area (Å²) in [7, 11) is 0. The van der Waals surface area contributed by atoms with E-state index in [1.807, 2.05) is 24.3 Å². The monoisotopic (exact) mass is 221 g/mol. The summed E-state index contributed by atoms with van der Waals surface area (Å²) < 4.78 is 0. The maximum Gasteiger partial charge on any atom is 0.201 e. The van der Waals surface area contributed by atoms with E-state index in [1.54, 1.807) is 0 Å². The molecule has 1 saturated carbocycles. The Morgan fingerprint density at radius 2 is 2.13 bits per heavy atom. The van der Waals surface area contributed by atoms with Gasteiger partial charge in [-0.1, -0.05) is 12.1 Å². The zero-order chi connectivity index (χ0) is 10.3. The summed E-state index contributed by atoms with van der Waals surface area (Å²) in [5, 5.41) is 3.69. The molecule has 2 N–H and O–H groups in total. The van der Waals surface area contributed by atoms with Crippen LogP contribution in [0.2, 0.25) is 0 Å². The molecule has 0 aliphatic heterocycles. The van der Waals surface area contributed by atoms with Crippen molar-refractivity contribution in [2.24, 2.45) is 0 Å². The SMILES string of the molecule is ClC1CC(Nc2nc3ccccc3[nH]2)C1. The topological polar surface area (TPSA) is 40.7 Å². The number of rotatable bonds is 2. The van der Waals surface area contributed by atoms with Crippen molar-refractivity contribution in [1.82, 2.24) is 9.97 Å². The fourth-order valence-corrected chi connectivity index (χ4v) is 2.31. The number of alkyl halides is 1. The van der Waals surface area contributed by atoms with Gasteiger partial charge in [0.25, 0.3) is 0 Å². The maximum absolute atomic E-state index is 5.92. The van der Waals surface area contributed by atoms with Gasteiger partial charge in [-0.15, -0.1) is 11.6 Å². The van der Waals surface area contributed by atoms with Crippen LogP contribution >= 0.6 is 11.6 Å². The molecule has 0 atom stereocenters. The van der Waals surface area contributed by atoms with E-state index in [9.17, 15) is 0 Å². The van der Waals surface area contributed by atoms with Crippen molar-refractivity contribution >= 4 is 28.6 Å². The number of nitrogens with one attached hydrogen (secondary N) is 2. The molecule has 1 aromatic heterocycles. The second-order valence-electron chi connectivity index (χ2n) is 4.01. The van der Waals surface area contributed by atoms with Gasteiger partial charge in [-0.05, 0) is 25.0 Å². The van der Waals surface area contributed by atoms with Crippen LogP contribution in [-0.4, -0.2) is 21.4 Å². The van der Waals surface area contributed by atoms with Crippen LogP contribution in [0.5, 0.6) is 0 Å². The van der Waals surface area contributed by atoms with Gasteiger partial charge in [-0.3, -0.25) is 0 Å². The second-order valence-corrected chi connectivity index (χ2v) is 4.63. The largest absolute Gasteiger partial charge is 0.353 e. The number of hydrogen-bond acceptors (Lipinski definition) is 2. The molecule has 1 fully saturated rings. The normalized spacial score (nSPS) is 25.1. The number of aromatic nitrogens is 2. The van der Waals surface area contributed by atoms with E-state index in [4.69, 9.17) is 11.6 Å². The number of aromatic amines is 1. The Bertz CT molecular complexity index is 440. The van der Waals surface area contributed by atoms with Crippen molar-refractivity contribution in [2.45, 2.75) is 24.3 Å². The summed E-state index contributed by atoms with van der Waals surface area (Å²) in [6.45, 7) is 0. The van der Waals surface area contributed by atoms with E-state index in [-0.39, 0.29) is 0 Å². The van der Waals surface area contributed by atoms with Crippen molar-refractivity contribution in [1.29, 1.82) is 0 Å². The minimum atomic E-state index is 0.340. The third-order valence-corrected chi connectivity index (χ3v) is 3.17. The predicted octanol–water partition coefficient (Wildman–Crippen LogP) is 2.74. The molecule has 1 aliphatic rings. The highest BCUT2D eigenvalue weighted by Gasteiger charge is 2.27. The van der Waals surface area contributed by atoms with Crippen molar-refractivity contribution < 1.29 is 0 Å². The van der Waals surface area contributed by atoms with Crippen LogP contribution in [0.15, 0.2) is 24.3 Å². The number of imidazole rings is 1. The van der Waals surface area contributed by atoms with Crippen molar-refractivity contribution in [3.63, 3.8) is 0 Å². The lowest BCUT2D eigenvalue weighted by Crippen LogP contribution is -2.36. The lowest BCUT2D eigenvalue weighted by molar-refractivity contribution is 0.452. The fourth-order valence-electron chi connectivity index (χ4n) is 1.88. The third kappa shape index (κ3) is 1.67. The Morgan fingerprint density at radius 1 is 1.33 bits per heavy atom.